The van der Waals surface area contributed by atoms with Gasteiger partial charge in [0.1, 0.15) is 6.10 Å². The Labute approximate surface area is 156 Å². The van der Waals surface area contributed by atoms with E-state index >= 15 is 0 Å². The minimum atomic E-state index is -0.170. The van der Waals surface area contributed by atoms with Gasteiger partial charge in [0, 0.05) is 13.7 Å². The van der Waals surface area contributed by atoms with Crippen LogP contribution >= 0.6 is 0 Å². The second kappa shape index (κ2) is 16.1. The number of hydrogen-bond donors (Lipinski definition) is 1. The van der Waals surface area contributed by atoms with Crippen LogP contribution in [0.5, 0.6) is 0 Å². The second-order valence-electron chi connectivity index (χ2n) is 7.97. The highest BCUT2D eigenvalue weighted by molar-refractivity contribution is 4.74. The molecule has 0 aromatic heterocycles. The molecule has 0 heterocycles. The molecule has 1 aliphatic rings. The lowest BCUT2D eigenvalue weighted by Gasteiger charge is -2.30. The standard InChI is InChI=1S/C22H44O3/c1-3-4-5-6-7-8-10-15-21(20-13-11-9-12-14-20)16-17-25-19-22(18-23)24-2/h20-23H,3-19H2,1-2H3. The van der Waals surface area contributed by atoms with E-state index in [9.17, 15) is 0 Å². The summed E-state index contributed by atoms with van der Waals surface area (Å²) in [6.45, 7) is 3.66. The van der Waals surface area contributed by atoms with Gasteiger partial charge < -0.3 is 14.6 Å². The molecule has 1 saturated carbocycles. The third-order valence-electron chi connectivity index (χ3n) is 5.97. The third kappa shape index (κ3) is 11.2. The van der Waals surface area contributed by atoms with E-state index in [1.165, 1.54) is 89.9 Å². The van der Waals surface area contributed by atoms with E-state index in [0.29, 0.717) is 6.61 Å². The van der Waals surface area contributed by atoms with Crippen LogP contribution in [0.4, 0.5) is 0 Å². The monoisotopic (exact) mass is 356 g/mol. The molecule has 0 aromatic carbocycles. The maximum atomic E-state index is 9.15. The fourth-order valence-corrected chi connectivity index (χ4v) is 4.23. The molecule has 0 spiro atoms. The van der Waals surface area contributed by atoms with E-state index in [4.69, 9.17) is 14.6 Å². The van der Waals surface area contributed by atoms with Gasteiger partial charge in [0.05, 0.1) is 13.2 Å². The van der Waals surface area contributed by atoms with Crippen molar-refractivity contribution in [2.24, 2.45) is 11.8 Å². The molecule has 0 saturated heterocycles. The largest absolute Gasteiger partial charge is 0.394 e. The summed E-state index contributed by atoms with van der Waals surface area (Å²) in [5.74, 6) is 1.76. The number of rotatable bonds is 16. The molecular weight excluding hydrogens is 312 g/mol. The van der Waals surface area contributed by atoms with Crippen molar-refractivity contribution in [3.63, 3.8) is 0 Å². The van der Waals surface area contributed by atoms with Crippen molar-refractivity contribution in [2.75, 3.05) is 26.9 Å². The van der Waals surface area contributed by atoms with Crippen molar-refractivity contribution in [3.05, 3.63) is 0 Å². The number of aliphatic hydroxyl groups is 1. The maximum absolute atomic E-state index is 9.15. The molecule has 3 nitrogen and oxygen atoms in total. The summed E-state index contributed by atoms with van der Waals surface area (Å²) in [6, 6.07) is 0. The van der Waals surface area contributed by atoms with E-state index in [0.717, 1.165) is 18.4 Å². The van der Waals surface area contributed by atoms with Gasteiger partial charge in [-0.15, -0.1) is 0 Å². The molecule has 1 N–H and O–H groups in total. The van der Waals surface area contributed by atoms with Crippen molar-refractivity contribution in [1.29, 1.82) is 0 Å². The quantitative estimate of drug-likeness (QED) is 0.358. The Balaban J connectivity index is 2.22. The first kappa shape index (κ1) is 22.9. The summed E-state index contributed by atoms with van der Waals surface area (Å²) in [5, 5.41) is 9.15. The molecule has 0 amide bonds. The van der Waals surface area contributed by atoms with E-state index in [-0.39, 0.29) is 12.7 Å². The van der Waals surface area contributed by atoms with Gasteiger partial charge in [-0.1, -0.05) is 90.4 Å². The summed E-state index contributed by atoms with van der Waals surface area (Å²) in [7, 11) is 1.63. The summed E-state index contributed by atoms with van der Waals surface area (Å²) in [5.41, 5.74) is 0. The highest BCUT2D eigenvalue weighted by atomic mass is 16.5. The SMILES string of the molecule is CCCCCCCCCC(CCOCC(CO)OC)C1CCCCC1. The van der Waals surface area contributed by atoms with Gasteiger partial charge in [-0.05, 0) is 18.3 Å². The van der Waals surface area contributed by atoms with Crippen LogP contribution in [0.3, 0.4) is 0 Å². The Morgan fingerprint density at radius 3 is 2.24 bits per heavy atom. The van der Waals surface area contributed by atoms with E-state index in [1.54, 1.807) is 7.11 Å². The average Bonchev–Trinajstić information content (AvgIpc) is 2.66. The normalized spacial score (nSPS) is 18.4. The van der Waals surface area contributed by atoms with Gasteiger partial charge in [-0.3, -0.25) is 0 Å². The second-order valence-corrected chi connectivity index (χ2v) is 7.97. The summed E-state index contributed by atoms with van der Waals surface area (Å²) in [4.78, 5) is 0. The summed E-state index contributed by atoms with van der Waals surface area (Å²) < 4.78 is 11.0. The highest BCUT2D eigenvalue weighted by Gasteiger charge is 2.23. The Kier molecular flexibility index (Phi) is 14.7. The minimum Gasteiger partial charge on any atom is -0.394 e. The molecule has 150 valence electrons. The lowest BCUT2D eigenvalue weighted by atomic mass is 9.76. The van der Waals surface area contributed by atoms with Crippen LogP contribution < -0.4 is 0 Å². The van der Waals surface area contributed by atoms with E-state index in [2.05, 4.69) is 6.92 Å². The van der Waals surface area contributed by atoms with Gasteiger partial charge in [-0.25, -0.2) is 0 Å². The molecular formula is C22H44O3. The van der Waals surface area contributed by atoms with Gasteiger partial charge >= 0.3 is 0 Å². The van der Waals surface area contributed by atoms with Gasteiger partial charge in [-0.2, -0.15) is 0 Å². The summed E-state index contributed by atoms with van der Waals surface area (Å²) >= 11 is 0. The number of aliphatic hydroxyl groups excluding tert-OH is 1. The van der Waals surface area contributed by atoms with Crippen molar-refractivity contribution in [1.82, 2.24) is 0 Å². The number of unbranched alkanes of at least 4 members (excludes halogenated alkanes) is 6. The van der Waals surface area contributed by atoms with E-state index < -0.39 is 0 Å². The topological polar surface area (TPSA) is 38.7 Å². The molecule has 1 rings (SSSR count). The van der Waals surface area contributed by atoms with Crippen molar-refractivity contribution in [2.45, 2.75) is 103 Å². The molecule has 0 bridgehead atoms. The first-order valence-electron chi connectivity index (χ1n) is 11.0. The molecule has 2 atom stereocenters. The van der Waals surface area contributed by atoms with Gasteiger partial charge in [0.2, 0.25) is 0 Å². The summed E-state index contributed by atoms with van der Waals surface area (Å²) in [6.07, 6.45) is 19.3. The fraction of sp³-hybridized carbons (Fsp3) is 1.00. The Hall–Kier alpha value is -0.120. The van der Waals surface area contributed by atoms with Crippen molar-refractivity contribution >= 4 is 0 Å². The first-order valence-corrected chi connectivity index (χ1v) is 11.0. The fourth-order valence-electron chi connectivity index (χ4n) is 4.23. The predicted molar refractivity (Wildman–Crippen MR) is 106 cm³/mol. The van der Waals surface area contributed by atoms with Crippen molar-refractivity contribution in [3.8, 4) is 0 Å². The lowest BCUT2D eigenvalue weighted by Crippen LogP contribution is -2.24. The zero-order valence-electron chi connectivity index (χ0n) is 17.0. The molecule has 3 heteroatoms. The molecule has 2 unspecified atom stereocenters. The van der Waals surface area contributed by atoms with Gasteiger partial charge in [0.15, 0.2) is 0 Å². The first-order chi connectivity index (χ1) is 12.3. The smallest absolute Gasteiger partial charge is 0.103 e. The van der Waals surface area contributed by atoms with Crippen molar-refractivity contribution < 1.29 is 14.6 Å². The number of methoxy groups -OCH3 is 1. The Morgan fingerprint density at radius 1 is 0.920 bits per heavy atom. The third-order valence-corrected chi connectivity index (χ3v) is 5.97. The lowest BCUT2D eigenvalue weighted by molar-refractivity contribution is -0.0242. The van der Waals surface area contributed by atoms with Crippen LogP contribution in [0.25, 0.3) is 0 Å². The Morgan fingerprint density at radius 2 is 1.60 bits per heavy atom. The van der Waals surface area contributed by atoms with Crippen LogP contribution in [0, 0.1) is 11.8 Å². The van der Waals surface area contributed by atoms with Gasteiger partial charge in [0.25, 0.3) is 0 Å². The zero-order valence-corrected chi connectivity index (χ0v) is 17.0. The van der Waals surface area contributed by atoms with Crippen LogP contribution in [0.1, 0.15) is 96.8 Å². The predicted octanol–water partition coefficient (Wildman–Crippen LogP) is 5.74. The molecule has 1 aliphatic carbocycles. The molecule has 0 aliphatic heterocycles. The van der Waals surface area contributed by atoms with Crippen LogP contribution in [0.2, 0.25) is 0 Å². The molecule has 1 fully saturated rings. The number of ether oxygens (including phenoxy) is 2. The minimum absolute atomic E-state index is 0.0422. The Bertz CT molecular complexity index is 272. The highest BCUT2D eigenvalue weighted by Crippen LogP contribution is 2.34. The zero-order chi connectivity index (χ0) is 18.2. The van der Waals surface area contributed by atoms with Crippen LogP contribution in [0.15, 0.2) is 0 Å². The van der Waals surface area contributed by atoms with Crippen LogP contribution in [-0.4, -0.2) is 38.1 Å². The molecule has 0 radical (unpaired) electrons. The van der Waals surface area contributed by atoms with E-state index in [1.807, 2.05) is 0 Å². The molecule has 25 heavy (non-hydrogen) atoms. The van der Waals surface area contributed by atoms with Crippen LogP contribution in [-0.2, 0) is 9.47 Å². The average molecular weight is 357 g/mol. The number of hydrogen-bond acceptors (Lipinski definition) is 3. The maximum Gasteiger partial charge on any atom is 0.103 e. The molecule has 0 aromatic rings.